The van der Waals surface area contributed by atoms with Gasteiger partial charge in [0, 0.05) is 0 Å². The fourth-order valence-corrected chi connectivity index (χ4v) is 29.0. The van der Waals surface area contributed by atoms with Crippen molar-refractivity contribution in [2.24, 2.45) is 0 Å². The average Bonchev–Trinajstić information content (AvgIpc) is 0.727. The van der Waals surface area contributed by atoms with E-state index >= 15 is 0 Å². The van der Waals surface area contributed by atoms with Crippen LogP contribution in [0.2, 0.25) is 0 Å². The van der Waals surface area contributed by atoms with Crippen LogP contribution in [0.4, 0.5) is 0 Å². The minimum atomic E-state index is -4.71. The summed E-state index contributed by atoms with van der Waals surface area (Å²) in [5, 5.41) is 9.70. The summed E-state index contributed by atoms with van der Waals surface area (Å²) in [5.41, 5.74) is 18.4. The third-order valence-electron chi connectivity index (χ3n) is 19.6. The summed E-state index contributed by atoms with van der Waals surface area (Å²) in [6.45, 7) is 0. The first kappa shape index (κ1) is 65.8. The molecule has 0 radical (unpaired) electrons. The summed E-state index contributed by atoms with van der Waals surface area (Å²) in [7, 11) is 0. The Kier molecular flexibility index (Phi) is 19.2. The number of hydrogen-bond donors (Lipinski definition) is 0. The van der Waals surface area contributed by atoms with Crippen molar-refractivity contribution < 1.29 is 0 Å². The number of halogens is 4. The van der Waals surface area contributed by atoms with Crippen molar-refractivity contribution in [2.45, 2.75) is 0 Å². The molecule has 0 bridgehead atoms. The molecular weight excluding hydrogens is 1590 g/mol. The van der Waals surface area contributed by atoms with E-state index < -0.39 is 18.4 Å². The Hall–Kier alpha value is -9.76. The number of hydrogen-bond acceptors (Lipinski definition) is 0. The normalized spacial score (nSPS) is 12.4. The molecule has 0 aromatic heterocycles. The topological polar surface area (TPSA) is 0 Å². The van der Waals surface area contributed by atoms with Gasteiger partial charge in [0.25, 0.3) is 0 Å². The predicted molar refractivity (Wildman–Crippen MR) is 450 cm³/mol. The Morgan fingerprint density at radius 3 is 0.545 bits per heavy atom. The van der Waals surface area contributed by atoms with Crippen molar-refractivity contribution in [1.82, 2.24) is 0 Å². The fraction of sp³-hybridized carbons (Fsp3) is 0. The summed E-state index contributed by atoms with van der Waals surface area (Å²) in [4.78, 5) is 0. The van der Waals surface area contributed by atoms with Gasteiger partial charge >= 0.3 is 635 Å². The second kappa shape index (κ2) is 29.4. The van der Waals surface area contributed by atoms with Gasteiger partial charge in [-0.25, -0.2) is 0 Å². The molecule has 16 aromatic rings. The molecule has 0 atom stereocenters. The summed E-state index contributed by atoms with van der Waals surface area (Å²) in [6.07, 6.45) is 9.52. The van der Waals surface area contributed by atoms with Gasteiger partial charge in [-0.05, 0) is 0 Å². The molecule has 0 nitrogen and oxygen atoms in total. The van der Waals surface area contributed by atoms with Crippen molar-refractivity contribution in [3.63, 3.8) is 0 Å². The Bertz CT molecular complexity index is 5100. The molecule has 0 spiro atoms. The van der Waals surface area contributed by atoms with Crippen LogP contribution in [0.5, 0.6) is 0 Å². The van der Waals surface area contributed by atoms with E-state index in [1.807, 2.05) is 0 Å². The third-order valence-corrected chi connectivity index (χ3v) is 35.4. The summed E-state index contributed by atoms with van der Waals surface area (Å²) in [6, 6.07) is 135. The molecule has 0 aliphatic carbocycles. The maximum atomic E-state index is 3.77. The van der Waals surface area contributed by atoms with Gasteiger partial charge in [-0.3, -0.25) is 0 Å². The summed E-state index contributed by atoms with van der Waals surface area (Å²) in [5.74, 6) is 0. The summed E-state index contributed by atoms with van der Waals surface area (Å²) < 4.78 is 9.47. The zero-order valence-electron chi connectivity index (χ0n) is 55.0. The van der Waals surface area contributed by atoms with Crippen LogP contribution in [-0.2, 0) is 0 Å². The van der Waals surface area contributed by atoms with Crippen LogP contribution in [0.3, 0.4) is 0 Å². The molecule has 0 saturated carbocycles. The third kappa shape index (κ3) is 13.7. The van der Waals surface area contributed by atoms with E-state index in [-0.39, 0.29) is 0 Å². The summed E-state index contributed by atoms with van der Waals surface area (Å²) >= 11 is 10.4. The first-order valence-corrected chi connectivity index (χ1v) is 42.8. The standard InChI is InChI=1S/4C24H16Br.Sn/c4*25-22-15-13-20(14-16-22)24(19-7-2-1-3-8-19)17-21-11-6-10-18-9-4-5-12-23(18)21;/h4*2-17H;/b4*24-17+;. The van der Waals surface area contributed by atoms with E-state index in [1.54, 1.807) is 0 Å². The zero-order valence-corrected chi connectivity index (χ0v) is 64.2. The van der Waals surface area contributed by atoms with E-state index in [0.717, 1.165) is 84.7 Å². The van der Waals surface area contributed by atoms with Crippen LogP contribution in [0, 0.1) is 0 Å². The van der Waals surface area contributed by atoms with E-state index in [4.69, 9.17) is 0 Å². The molecule has 0 N–H and O–H groups in total. The number of fused-ring (bicyclic) bond motifs is 4. The van der Waals surface area contributed by atoms with E-state index in [1.165, 1.54) is 79.7 Å². The van der Waals surface area contributed by atoms with Crippen LogP contribution < -0.4 is 14.3 Å². The van der Waals surface area contributed by atoms with Gasteiger partial charge in [-0.1, -0.05) is 0 Å². The Balaban J connectivity index is 0.942. The molecule has 0 fully saturated rings. The predicted octanol–water partition coefficient (Wildman–Crippen LogP) is 25.1. The first-order chi connectivity index (χ1) is 49.7. The number of benzene rings is 16. The molecule has 16 aromatic carbocycles. The second-order valence-corrected chi connectivity index (χ2v) is 40.1. The SMILES string of the molecule is Brc1ccc(/C(=C/c2cccc3ccccc23)c2cc[c]([Sn]([c]3ccc(/C(=C\c4cccc5ccccc45)c4ccc(Br)cc4)cc3)([c]3ccc(/C(=C\c4cccc5ccccc45)c4ccc(Br)cc4)cc3)[c]3ccc(/C(=C\c4cccc5ccccc45)c4ccc(Br)cc4)cc3)cc2)cc1. The fourth-order valence-electron chi connectivity index (χ4n) is 14.6. The first-order valence-electron chi connectivity index (χ1n) is 33.9. The molecule has 480 valence electrons. The molecule has 0 amide bonds. The van der Waals surface area contributed by atoms with Crippen molar-refractivity contribution in [3.8, 4) is 0 Å². The quantitative estimate of drug-likeness (QED) is 0.0668. The van der Waals surface area contributed by atoms with Crippen LogP contribution in [0.25, 0.3) is 89.7 Å². The molecule has 16 rings (SSSR count). The number of rotatable bonds is 16. The minimum absolute atomic E-state index is 1.04. The van der Waals surface area contributed by atoms with Crippen LogP contribution in [0.15, 0.2) is 382 Å². The second-order valence-electron chi connectivity index (χ2n) is 25.6. The van der Waals surface area contributed by atoms with Crippen molar-refractivity contribution in [2.75, 3.05) is 0 Å². The zero-order chi connectivity index (χ0) is 68.2. The molecule has 0 heterocycles. The Morgan fingerprint density at radius 1 is 0.178 bits per heavy atom. The molecule has 0 aliphatic heterocycles. The molecule has 0 saturated heterocycles. The van der Waals surface area contributed by atoms with Crippen LogP contribution >= 0.6 is 63.7 Å². The monoisotopic (exact) mass is 1650 g/mol. The van der Waals surface area contributed by atoms with Crippen molar-refractivity contribution >= 4 is 186 Å². The van der Waals surface area contributed by atoms with E-state index in [2.05, 4.69) is 452 Å². The van der Waals surface area contributed by atoms with Crippen LogP contribution in [0.1, 0.15) is 66.8 Å². The average molecular weight is 1660 g/mol. The molecule has 101 heavy (non-hydrogen) atoms. The van der Waals surface area contributed by atoms with E-state index in [0.29, 0.717) is 0 Å². The van der Waals surface area contributed by atoms with Gasteiger partial charge in [-0.2, -0.15) is 0 Å². The Morgan fingerprint density at radius 2 is 0.347 bits per heavy atom. The van der Waals surface area contributed by atoms with Gasteiger partial charge in [0.1, 0.15) is 0 Å². The van der Waals surface area contributed by atoms with Crippen LogP contribution in [-0.4, -0.2) is 18.4 Å². The van der Waals surface area contributed by atoms with Crippen molar-refractivity contribution in [1.29, 1.82) is 0 Å². The molecule has 0 unspecified atom stereocenters. The molecular formula is C96H64Br4Sn. The van der Waals surface area contributed by atoms with Gasteiger partial charge in [0.15, 0.2) is 0 Å². The van der Waals surface area contributed by atoms with Crippen molar-refractivity contribution in [3.05, 3.63) is 449 Å². The molecule has 0 aliphatic rings. The Labute approximate surface area is 628 Å². The maximum absolute atomic E-state index is 4.71. The van der Waals surface area contributed by atoms with Gasteiger partial charge in [-0.15, -0.1) is 0 Å². The van der Waals surface area contributed by atoms with Gasteiger partial charge < -0.3 is 0 Å². The van der Waals surface area contributed by atoms with Gasteiger partial charge in [0.2, 0.25) is 0 Å². The molecule has 5 heteroatoms. The van der Waals surface area contributed by atoms with E-state index in [9.17, 15) is 0 Å². The van der Waals surface area contributed by atoms with Gasteiger partial charge in [0.05, 0.1) is 0 Å².